The third-order valence-electron chi connectivity index (χ3n) is 4.31. The van der Waals surface area contributed by atoms with Crippen LogP contribution in [0, 0.1) is 5.92 Å². The summed E-state index contributed by atoms with van der Waals surface area (Å²) in [7, 11) is 0. The van der Waals surface area contributed by atoms with Crippen LogP contribution in [0.4, 0.5) is 11.4 Å². The van der Waals surface area contributed by atoms with Crippen molar-refractivity contribution >= 4 is 39.1 Å². The minimum atomic E-state index is -0.370. The van der Waals surface area contributed by atoms with Crippen LogP contribution in [0.5, 0.6) is 0 Å². The lowest BCUT2D eigenvalue weighted by Gasteiger charge is -2.18. The van der Waals surface area contributed by atoms with Crippen LogP contribution in [0.1, 0.15) is 18.9 Å². The molecule has 1 heterocycles. The Morgan fingerprint density at radius 3 is 2.85 bits per heavy atom. The molecule has 1 saturated heterocycles. The number of halogens is 1. The molecule has 1 aliphatic heterocycles. The lowest BCUT2D eigenvalue weighted by molar-refractivity contribution is -0.122. The van der Waals surface area contributed by atoms with Gasteiger partial charge in [-0.25, -0.2) is 0 Å². The summed E-state index contributed by atoms with van der Waals surface area (Å²) in [5.41, 5.74) is 2.52. The van der Waals surface area contributed by atoms with E-state index in [-0.39, 0.29) is 24.2 Å². The molecular weight excluding hydrogens is 396 g/mol. The number of nitrogens with zero attached hydrogens (tertiary/aromatic N) is 1. The number of anilines is 2. The molecule has 136 valence electrons. The standard InChI is InChI=1S/C20H21BrN2O3/c1-2-26-13-14-6-5-7-16(10-14)22-20(25)15-11-19(24)23(12-15)18-9-4-3-8-17(18)21/h3-10,15H,2,11-13H2,1H3,(H,22,25). The van der Waals surface area contributed by atoms with Crippen molar-refractivity contribution < 1.29 is 14.3 Å². The van der Waals surface area contributed by atoms with Gasteiger partial charge < -0.3 is 15.0 Å². The Morgan fingerprint density at radius 1 is 1.27 bits per heavy atom. The quantitative estimate of drug-likeness (QED) is 0.774. The predicted octanol–water partition coefficient (Wildman–Crippen LogP) is 3.98. The zero-order chi connectivity index (χ0) is 18.5. The van der Waals surface area contributed by atoms with Crippen LogP contribution in [0.2, 0.25) is 0 Å². The van der Waals surface area contributed by atoms with E-state index >= 15 is 0 Å². The zero-order valence-electron chi connectivity index (χ0n) is 14.6. The first-order chi connectivity index (χ1) is 12.6. The minimum absolute atomic E-state index is 0.0397. The van der Waals surface area contributed by atoms with Crippen molar-refractivity contribution in [3.63, 3.8) is 0 Å². The third kappa shape index (κ3) is 4.31. The van der Waals surface area contributed by atoms with Crippen molar-refractivity contribution in [1.29, 1.82) is 0 Å². The molecule has 1 fully saturated rings. The van der Waals surface area contributed by atoms with Crippen molar-refractivity contribution in [2.24, 2.45) is 5.92 Å². The monoisotopic (exact) mass is 416 g/mol. The highest BCUT2D eigenvalue weighted by Gasteiger charge is 2.35. The summed E-state index contributed by atoms with van der Waals surface area (Å²) in [4.78, 5) is 26.7. The van der Waals surface area contributed by atoms with Gasteiger partial charge in [-0.05, 0) is 52.7 Å². The molecule has 2 aromatic carbocycles. The predicted molar refractivity (Wildman–Crippen MR) is 105 cm³/mol. The fraction of sp³-hybridized carbons (Fsp3) is 0.300. The second kappa shape index (κ2) is 8.47. The lowest BCUT2D eigenvalue weighted by atomic mass is 10.1. The van der Waals surface area contributed by atoms with Crippen LogP contribution in [-0.2, 0) is 20.9 Å². The number of carbonyl (C=O) groups is 2. The molecule has 0 bridgehead atoms. The number of carbonyl (C=O) groups excluding carboxylic acids is 2. The first-order valence-corrected chi connectivity index (χ1v) is 9.40. The summed E-state index contributed by atoms with van der Waals surface area (Å²) in [5.74, 6) is -0.547. The van der Waals surface area contributed by atoms with Gasteiger partial charge >= 0.3 is 0 Å². The molecule has 1 aliphatic rings. The van der Waals surface area contributed by atoms with Crippen molar-refractivity contribution in [1.82, 2.24) is 0 Å². The number of para-hydroxylation sites is 1. The highest BCUT2D eigenvalue weighted by molar-refractivity contribution is 9.10. The number of ether oxygens (including phenoxy) is 1. The largest absolute Gasteiger partial charge is 0.377 e. The van der Waals surface area contributed by atoms with Gasteiger partial charge in [0.1, 0.15) is 0 Å². The maximum Gasteiger partial charge on any atom is 0.229 e. The summed E-state index contributed by atoms with van der Waals surface area (Å²) >= 11 is 3.47. The first-order valence-electron chi connectivity index (χ1n) is 8.61. The molecule has 0 spiro atoms. The van der Waals surface area contributed by atoms with Gasteiger partial charge in [0.2, 0.25) is 11.8 Å². The van der Waals surface area contributed by atoms with Crippen LogP contribution < -0.4 is 10.2 Å². The Balaban J connectivity index is 1.66. The Hall–Kier alpha value is -2.18. The second-order valence-corrected chi connectivity index (χ2v) is 7.04. The van der Waals surface area contributed by atoms with Crippen LogP contribution in [0.3, 0.4) is 0 Å². The van der Waals surface area contributed by atoms with E-state index in [1.54, 1.807) is 4.90 Å². The maximum atomic E-state index is 12.6. The van der Waals surface area contributed by atoms with Crippen LogP contribution >= 0.6 is 15.9 Å². The van der Waals surface area contributed by atoms with E-state index in [9.17, 15) is 9.59 Å². The Kier molecular flexibility index (Phi) is 6.06. The average Bonchev–Trinajstić information content (AvgIpc) is 3.02. The van der Waals surface area contributed by atoms with Crippen LogP contribution in [0.15, 0.2) is 53.0 Å². The van der Waals surface area contributed by atoms with Crippen LogP contribution in [-0.4, -0.2) is 25.0 Å². The molecule has 5 nitrogen and oxygen atoms in total. The minimum Gasteiger partial charge on any atom is -0.377 e. The highest BCUT2D eigenvalue weighted by Crippen LogP contribution is 2.31. The van der Waals surface area contributed by atoms with Gasteiger partial charge in [-0.15, -0.1) is 0 Å². The molecule has 0 radical (unpaired) electrons. The molecule has 2 aromatic rings. The number of hydrogen-bond donors (Lipinski definition) is 1. The first kappa shape index (κ1) is 18.6. The Morgan fingerprint density at radius 2 is 2.08 bits per heavy atom. The summed E-state index contributed by atoms with van der Waals surface area (Å²) in [5, 5.41) is 2.92. The smallest absolute Gasteiger partial charge is 0.229 e. The SMILES string of the molecule is CCOCc1cccc(NC(=O)C2CC(=O)N(c3ccccc3Br)C2)c1. The van der Waals surface area contributed by atoms with Gasteiger partial charge in [0.05, 0.1) is 18.2 Å². The number of hydrogen-bond acceptors (Lipinski definition) is 3. The van der Waals surface area contributed by atoms with E-state index in [4.69, 9.17) is 4.74 Å². The molecule has 3 rings (SSSR count). The molecule has 26 heavy (non-hydrogen) atoms. The fourth-order valence-electron chi connectivity index (χ4n) is 2.99. The zero-order valence-corrected chi connectivity index (χ0v) is 16.2. The summed E-state index contributed by atoms with van der Waals surface area (Å²) in [6, 6.07) is 15.1. The second-order valence-electron chi connectivity index (χ2n) is 6.18. The normalized spacial score (nSPS) is 16.8. The topological polar surface area (TPSA) is 58.6 Å². The summed E-state index contributed by atoms with van der Waals surface area (Å²) in [6.07, 6.45) is 0.214. The van der Waals surface area contributed by atoms with Gasteiger partial charge in [-0.2, -0.15) is 0 Å². The van der Waals surface area contributed by atoms with Gasteiger partial charge in [0.15, 0.2) is 0 Å². The van der Waals surface area contributed by atoms with E-state index < -0.39 is 0 Å². The molecule has 6 heteroatoms. The Bertz CT molecular complexity index is 809. The number of rotatable bonds is 6. The molecule has 1 N–H and O–H groups in total. The summed E-state index contributed by atoms with van der Waals surface area (Å²) < 4.78 is 6.24. The van der Waals surface area contributed by atoms with E-state index in [1.807, 2.05) is 55.5 Å². The van der Waals surface area contributed by atoms with Crippen molar-refractivity contribution in [2.75, 3.05) is 23.4 Å². The van der Waals surface area contributed by atoms with Gasteiger partial charge in [-0.1, -0.05) is 24.3 Å². The van der Waals surface area contributed by atoms with E-state index in [2.05, 4.69) is 21.2 Å². The van der Waals surface area contributed by atoms with Gasteiger partial charge in [0, 0.05) is 29.7 Å². The van der Waals surface area contributed by atoms with Gasteiger partial charge in [0.25, 0.3) is 0 Å². The molecule has 1 unspecified atom stereocenters. The third-order valence-corrected chi connectivity index (χ3v) is 4.98. The van der Waals surface area contributed by atoms with E-state index in [0.717, 1.165) is 21.4 Å². The highest BCUT2D eigenvalue weighted by atomic mass is 79.9. The molecule has 0 saturated carbocycles. The number of benzene rings is 2. The fourth-order valence-corrected chi connectivity index (χ4v) is 3.49. The molecule has 2 amide bonds. The lowest BCUT2D eigenvalue weighted by Crippen LogP contribution is -2.28. The van der Waals surface area contributed by atoms with Crippen molar-refractivity contribution in [2.45, 2.75) is 20.0 Å². The van der Waals surface area contributed by atoms with Gasteiger partial charge in [-0.3, -0.25) is 9.59 Å². The molecule has 0 aromatic heterocycles. The van der Waals surface area contributed by atoms with Crippen molar-refractivity contribution in [3.8, 4) is 0 Å². The average molecular weight is 417 g/mol. The number of nitrogens with one attached hydrogen (secondary N) is 1. The van der Waals surface area contributed by atoms with E-state index in [1.165, 1.54) is 0 Å². The number of amides is 2. The maximum absolute atomic E-state index is 12.6. The molecular formula is C20H21BrN2O3. The van der Waals surface area contributed by atoms with E-state index in [0.29, 0.717) is 19.8 Å². The van der Waals surface area contributed by atoms with Crippen molar-refractivity contribution in [3.05, 3.63) is 58.6 Å². The molecule has 1 atom stereocenters. The summed E-state index contributed by atoms with van der Waals surface area (Å²) in [6.45, 7) is 3.48. The molecule has 0 aliphatic carbocycles. The Labute approximate surface area is 161 Å². The van der Waals surface area contributed by atoms with Crippen LogP contribution in [0.25, 0.3) is 0 Å².